The summed E-state index contributed by atoms with van der Waals surface area (Å²) in [5.41, 5.74) is 0.968. The number of hydrogen-bond acceptors (Lipinski definition) is 6. The first-order chi connectivity index (χ1) is 13.0. The molecule has 0 spiro atoms. The number of halogens is 1. The summed E-state index contributed by atoms with van der Waals surface area (Å²) >= 11 is 0. The van der Waals surface area contributed by atoms with Crippen molar-refractivity contribution in [3.8, 4) is 0 Å². The van der Waals surface area contributed by atoms with Crippen LogP contribution in [0.1, 0.15) is 25.2 Å². The van der Waals surface area contributed by atoms with Gasteiger partial charge in [0.15, 0.2) is 5.82 Å². The van der Waals surface area contributed by atoms with Crippen molar-refractivity contribution in [3.63, 3.8) is 0 Å². The molecule has 1 saturated heterocycles. The summed E-state index contributed by atoms with van der Waals surface area (Å²) in [7, 11) is 0. The van der Waals surface area contributed by atoms with Crippen LogP contribution in [0.3, 0.4) is 0 Å². The van der Waals surface area contributed by atoms with Gasteiger partial charge in [0.1, 0.15) is 12.4 Å². The van der Waals surface area contributed by atoms with E-state index in [-0.39, 0.29) is 30.5 Å². The number of nitrogens with zero attached hydrogens (tertiary/aromatic N) is 5. The fraction of sp³-hybridized carbons (Fsp3) is 0.556. The molecule has 146 valence electrons. The van der Waals surface area contributed by atoms with Gasteiger partial charge in [0.25, 0.3) is 0 Å². The highest BCUT2D eigenvalue weighted by atomic mass is 19.1. The quantitative estimate of drug-likeness (QED) is 0.769. The Hall–Kier alpha value is -2.39. The predicted octanol–water partition coefficient (Wildman–Crippen LogP) is 0.780. The number of ether oxygens (including phenoxy) is 1. The second-order valence-electron chi connectivity index (χ2n) is 6.93. The molecule has 1 N–H and O–H groups in total. The van der Waals surface area contributed by atoms with Crippen LogP contribution in [0.2, 0.25) is 0 Å². The van der Waals surface area contributed by atoms with Gasteiger partial charge in [-0.25, -0.2) is 9.07 Å². The minimum absolute atomic E-state index is 0.0706. The SMILES string of the molecule is C[C@@H]1CN(Cc2nnnn2CC(=O)NCCc2ccc(F)cc2)C[C@H](C)O1. The molecule has 9 heteroatoms. The fourth-order valence-corrected chi connectivity index (χ4v) is 3.26. The summed E-state index contributed by atoms with van der Waals surface area (Å²) in [6.45, 7) is 6.82. The van der Waals surface area contributed by atoms with Crippen LogP contribution in [0.25, 0.3) is 0 Å². The van der Waals surface area contributed by atoms with Crippen molar-refractivity contribution in [1.82, 2.24) is 30.4 Å². The highest BCUT2D eigenvalue weighted by Crippen LogP contribution is 2.12. The first-order valence-electron chi connectivity index (χ1n) is 9.13. The van der Waals surface area contributed by atoms with Crippen LogP contribution in [-0.4, -0.2) is 62.9 Å². The molecule has 0 saturated carbocycles. The van der Waals surface area contributed by atoms with Crippen molar-refractivity contribution in [1.29, 1.82) is 0 Å². The molecule has 0 unspecified atom stereocenters. The highest BCUT2D eigenvalue weighted by Gasteiger charge is 2.24. The van der Waals surface area contributed by atoms with Crippen molar-refractivity contribution in [2.45, 2.75) is 45.6 Å². The van der Waals surface area contributed by atoms with E-state index in [2.05, 4.69) is 25.7 Å². The number of rotatable bonds is 7. The van der Waals surface area contributed by atoms with Crippen LogP contribution in [0.15, 0.2) is 24.3 Å². The summed E-state index contributed by atoms with van der Waals surface area (Å²) in [6.07, 6.45) is 0.957. The van der Waals surface area contributed by atoms with E-state index in [1.807, 2.05) is 13.8 Å². The monoisotopic (exact) mass is 376 g/mol. The average Bonchev–Trinajstić information content (AvgIpc) is 3.02. The Bertz CT molecular complexity index is 741. The van der Waals surface area contributed by atoms with Crippen molar-refractivity contribution in [2.75, 3.05) is 19.6 Å². The highest BCUT2D eigenvalue weighted by molar-refractivity contribution is 5.75. The lowest BCUT2D eigenvalue weighted by molar-refractivity contribution is -0.121. The van der Waals surface area contributed by atoms with Crippen LogP contribution < -0.4 is 5.32 Å². The Morgan fingerprint density at radius 2 is 1.96 bits per heavy atom. The molecule has 1 amide bonds. The predicted molar refractivity (Wildman–Crippen MR) is 96.2 cm³/mol. The number of hydrogen-bond donors (Lipinski definition) is 1. The number of morpholine rings is 1. The summed E-state index contributed by atoms with van der Waals surface area (Å²) in [5.74, 6) is 0.234. The maximum absolute atomic E-state index is 12.9. The van der Waals surface area contributed by atoms with Crippen molar-refractivity contribution >= 4 is 5.91 Å². The summed E-state index contributed by atoms with van der Waals surface area (Å²) in [5, 5.41) is 14.5. The Morgan fingerprint density at radius 3 is 2.67 bits per heavy atom. The van der Waals surface area contributed by atoms with Gasteiger partial charge >= 0.3 is 0 Å². The van der Waals surface area contributed by atoms with E-state index in [1.54, 1.807) is 12.1 Å². The molecule has 8 nitrogen and oxygen atoms in total. The third kappa shape index (κ3) is 5.80. The number of aromatic nitrogens is 4. The van der Waals surface area contributed by atoms with E-state index < -0.39 is 0 Å². The molecular formula is C18H25FN6O2. The number of carbonyl (C=O) groups excluding carboxylic acids is 1. The molecule has 2 heterocycles. The number of tetrazole rings is 1. The molecule has 1 fully saturated rings. The lowest BCUT2D eigenvalue weighted by Gasteiger charge is -2.34. The Kier molecular flexibility index (Phi) is 6.46. The van der Waals surface area contributed by atoms with Gasteiger partial charge in [0.05, 0.1) is 18.8 Å². The third-order valence-corrected chi connectivity index (χ3v) is 4.41. The second-order valence-corrected chi connectivity index (χ2v) is 6.93. The minimum Gasteiger partial charge on any atom is -0.373 e. The second kappa shape index (κ2) is 9.01. The van der Waals surface area contributed by atoms with Gasteiger partial charge in [-0.05, 0) is 48.4 Å². The molecule has 1 aromatic carbocycles. The van der Waals surface area contributed by atoms with E-state index >= 15 is 0 Å². The van der Waals surface area contributed by atoms with Crippen molar-refractivity contribution in [2.24, 2.45) is 0 Å². The zero-order valence-electron chi connectivity index (χ0n) is 15.6. The van der Waals surface area contributed by atoms with Gasteiger partial charge in [0.2, 0.25) is 5.91 Å². The maximum Gasteiger partial charge on any atom is 0.241 e. The summed E-state index contributed by atoms with van der Waals surface area (Å²) < 4.78 is 20.2. The average molecular weight is 376 g/mol. The first-order valence-corrected chi connectivity index (χ1v) is 9.13. The van der Waals surface area contributed by atoms with Gasteiger partial charge < -0.3 is 10.1 Å². The molecule has 0 bridgehead atoms. The largest absolute Gasteiger partial charge is 0.373 e. The van der Waals surface area contributed by atoms with E-state index in [1.165, 1.54) is 16.8 Å². The summed E-state index contributed by atoms with van der Waals surface area (Å²) in [6, 6.07) is 6.26. The number of benzene rings is 1. The van der Waals surface area contributed by atoms with E-state index in [9.17, 15) is 9.18 Å². The molecule has 3 rings (SSSR count). The number of amides is 1. The van der Waals surface area contributed by atoms with Gasteiger partial charge in [-0.1, -0.05) is 12.1 Å². The normalized spacial score (nSPS) is 20.6. The number of carbonyl (C=O) groups is 1. The summed E-state index contributed by atoms with van der Waals surface area (Å²) in [4.78, 5) is 14.4. The topological polar surface area (TPSA) is 85.2 Å². The zero-order chi connectivity index (χ0) is 19.2. The molecular weight excluding hydrogens is 351 g/mol. The van der Waals surface area contributed by atoms with Crippen molar-refractivity contribution < 1.29 is 13.9 Å². The van der Waals surface area contributed by atoms with Gasteiger partial charge in [-0.3, -0.25) is 9.69 Å². The van der Waals surface area contributed by atoms with Crippen LogP contribution >= 0.6 is 0 Å². The first kappa shape index (κ1) is 19.4. The van der Waals surface area contributed by atoms with E-state index in [0.717, 1.165) is 18.7 Å². The molecule has 1 aromatic heterocycles. The lowest BCUT2D eigenvalue weighted by atomic mass is 10.1. The maximum atomic E-state index is 12.9. The molecule has 0 radical (unpaired) electrons. The zero-order valence-corrected chi connectivity index (χ0v) is 15.6. The molecule has 0 aliphatic carbocycles. The van der Waals surface area contributed by atoms with Crippen LogP contribution in [0.4, 0.5) is 4.39 Å². The Balaban J connectivity index is 1.47. The molecule has 27 heavy (non-hydrogen) atoms. The molecule has 1 aliphatic heterocycles. The fourth-order valence-electron chi connectivity index (χ4n) is 3.26. The van der Waals surface area contributed by atoms with Crippen molar-refractivity contribution in [3.05, 3.63) is 41.5 Å². The molecule has 1 aliphatic rings. The number of nitrogens with one attached hydrogen (secondary N) is 1. The standard InChI is InChI=1S/C18H25FN6O2/c1-13-9-24(10-14(2)27-13)11-17-21-22-23-25(17)12-18(26)20-8-7-15-3-5-16(19)6-4-15/h3-6,13-14H,7-12H2,1-2H3,(H,20,26)/t13-,14+. The van der Waals surface area contributed by atoms with Crippen LogP contribution in [0, 0.1) is 5.82 Å². The Morgan fingerprint density at radius 1 is 1.26 bits per heavy atom. The lowest BCUT2D eigenvalue weighted by Crippen LogP contribution is -2.45. The molecule has 2 aromatic rings. The third-order valence-electron chi connectivity index (χ3n) is 4.41. The van der Waals surface area contributed by atoms with Gasteiger partial charge in [-0.2, -0.15) is 0 Å². The molecule has 2 atom stereocenters. The van der Waals surface area contributed by atoms with Gasteiger partial charge in [-0.15, -0.1) is 5.10 Å². The van der Waals surface area contributed by atoms with E-state index in [4.69, 9.17) is 4.74 Å². The van der Waals surface area contributed by atoms with E-state index in [0.29, 0.717) is 25.3 Å². The smallest absolute Gasteiger partial charge is 0.241 e. The van der Waals surface area contributed by atoms with Crippen LogP contribution in [0.5, 0.6) is 0 Å². The Labute approximate surface area is 157 Å². The minimum atomic E-state index is -0.266. The van der Waals surface area contributed by atoms with Crippen LogP contribution in [-0.2, 0) is 29.0 Å². The van der Waals surface area contributed by atoms with Gasteiger partial charge in [0, 0.05) is 19.6 Å².